The van der Waals surface area contributed by atoms with Gasteiger partial charge in [-0.15, -0.1) is 0 Å². The van der Waals surface area contributed by atoms with E-state index >= 15 is 0 Å². The molecule has 2 aromatic rings. The number of rotatable bonds is 0. The molecule has 13 heavy (non-hydrogen) atoms. The largest absolute Gasteiger partial charge is 0.355 e. The molecule has 1 radical (unpaired) electrons. The Balaban J connectivity index is 2.30. The fourth-order valence-electron chi connectivity index (χ4n) is 1.83. The van der Waals surface area contributed by atoms with Crippen molar-refractivity contribution in [2.45, 2.75) is 12.8 Å². The van der Waals surface area contributed by atoms with Crippen molar-refractivity contribution in [3.05, 3.63) is 41.6 Å². The van der Waals surface area contributed by atoms with Gasteiger partial charge in [-0.2, -0.15) is 0 Å². The van der Waals surface area contributed by atoms with Crippen LogP contribution in [0.25, 0.3) is 11.3 Å². The minimum atomic E-state index is 0.904. The quantitative estimate of drug-likeness (QED) is 0.606. The molecule has 2 heteroatoms. The molecule has 3 rings (SSSR count). The van der Waals surface area contributed by atoms with E-state index in [9.17, 15) is 0 Å². The lowest BCUT2D eigenvalue weighted by molar-refractivity contribution is 0.429. The third-order valence-corrected chi connectivity index (χ3v) is 2.50. The SMILES string of the molecule is [c]1noc2c1CCc1ccccc1-2. The Morgan fingerprint density at radius 2 is 2.15 bits per heavy atom. The second-order valence-corrected chi connectivity index (χ2v) is 3.26. The number of aryl methyl sites for hydroxylation is 2. The zero-order valence-electron chi connectivity index (χ0n) is 7.08. The fraction of sp³-hybridized carbons (Fsp3) is 0.182. The maximum atomic E-state index is 5.18. The van der Waals surface area contributed by atoms with Gasteiger partial charge in [-0.25, -0.2) is 0 Å². The molecule has 63 valence electrons. The summed E-state index contributed by atoms with van der Waals surface area (Å²) >= 11 is 0. The first-order chi connectivity index (χ1) is 6.45. The van der Waals surface area contributed by atoms with Gasteiger partial charge in [-0.3, -0.25) is 0 Å². The predicted molar refractivity (Wildman–Crippen MR) is 48.2 cm³/mol. The molecule has 0 unspecified atom stereocenters. The molecule has 0 aliphatic heterocycles. The van der Waals surface area contributed by atoms with E-state index in [4.69, 9.17) is 4.52 Å². The van der Waals surface area contributed by atoms with E-state index in [0.717, 1.165) is 24.2 Å². The maximum Gasteiger partial charge on any atom is 0.171 e. The molecule has 1 aliphatic carbocycles. The minimum Gasteiger partial charge on any atom is -0.355 e. The standard InChI is InChI=1S/C11H8NO/c1-2-4-10-8(3-1)5-6-9-7-12-13-11(9)10/h1-4H,5-6H2. The van der Waals surface area contributed by atoms with Gasteiger partial charge < -0.3 is 4.52 Å². The van der Waals surface area contributed by atoms with E-state index in [-0.39, 0.29) is 0 Å². The van der Waals surface area contributed by atoms with Crippen LogP contribution in [0.5, 0.6) is 0 Å². The summed E-state index contributed by atoms with van der Waals surface area (Å²) in [4.78, 5) is 0. The summed E-state index contributed by atoms with van der Waals surface area (Å²) in [6.45, 7) is 0. The Morgan fingerprint density at radius 1 is 1.23 bits per heavy atom. The number of hydrogen-bond donors (Lipinski definition) is 0. The van der Waals surface area contributed by atoms with E-state index in [0.29, 0.717) is 0 Å². The lowest BCUT2D eigenvalue weighted by atomic mass is 9.91. The van der Waals surface area contributed by atoms with Crippen molar-refractivity contribution in [3.8, 4) is 11.3 Å². The number of fused-ring (bicyclic) bond motifs is 3. The van der Waals surface area contributed by atoms with E-state index in [1.165, 1.54) is 11.1 Å². The first-order valence-electron chi connectivity index (χ1n) is 4.39. The molecule has 0 bridgehead atoms. The van der Waals surface area contributed by atoms with Gasteiger partial charge in [0.2, 0.25) is 0 Å². The highest BCUT2D eigenvalue weighted by molar-refractivity contribution is 5.67. The highest BCUT2D eigenvalue weighted by Crippen LogP contribution is 2.32. The summed E-state index contributed by atoms with van der Waals surface area (Å²) < 4.78 is 5.18. The van der Waals surface area contributed by atoms with Gasteiger partial charge in [0.05, 0.1) is 0 Å². The Kier molecular flexibility index (Phi) is 1.30. The zero-order valence-corrected chi connectivity index (χ0v) is 7.08. The molecule has 2 nitrogen and oxygen atoms in total. The van der Waals surface area contributed by atoms with E-state index in [1.807, 2.05) is 6.07 Å². The van der Waals surface area contributed by atoms with Crippen LogP contribution in [-0.2, 0) is 12.8 Å². The van der Waals surface area contributed by atoms with Crippen LogP contribution in [0.4, 0.5) is 0 Å². The van der Waals surface area contributed by atoms with Crippen molar-refractivity contribution < 1.29 is 4.52 Å². The summed E-state index contributed by atoms with van der Waals surface area (Å²) in [5.41, 5.74) is 3.64. The third-order valence-electron chi connectivity index (χ3n) is 2.50. The number of benzene rings is 1. The van der Waals surface area contributed by atoms with Gasteiger partial charge in [0.15, 0.2) is 5.76 Å². The summed E-state index contributed by atoms with van der Waals surface area (Å²) in [6, 6.07) is 8.30. The molecule has 1 heterocycles. The predicted octanol–water partition coefficient (Wildman–Crippen LogP) is 2.24. The lowest BCUT2D eigenvalue weighted by Crippen LogP contribution is -2.00. The molecular formula is C11H8NO. The normalized spacial score (nSPS) is 13.5. The Hall–Kier alpha value is -1.57. The van der Waals surface area contributed by atoms with Crippen LogP contribution in [0, 0.1) is 6.20 Å². The van der Waals surface area contributed by atoms with Crippen LogP contribution >= 0.6 is 0 Å². The first kappa shape index (κ1) is 6.89. The maximum absolute atomic E-state index is 5.18. The smallest absolute Gasteiger partial charge is 0.171 e. The molecule has 1 aromatic heterocycles. The monoisotopic (exact) mass is 170 g/mol. The Morgan fingerprint density at radius 3 is 3.15 bits per heavy atom. The molecule has 0 amide bonds. The highest BCUT2D eigenvalue weighted by atomic mass is 16.5. The number of hydrogen-bond acceptors (Lipinski definition) is 2. The Bertz CT molecular complexity index is 445. The van der Waals surface area contributed by atoms with Crippen LogP contribution < -0.4 is 0 Å². The van der Waals surface area contributed by atoms with Crippen molar-refractivity contribution in [2.24, 2.45) is 0 Å². The summed E-state index contributed by atoms with van der Waals surface area (Å²) in [5, 5.41) is 3.70. The van der Waals surface area contributed by atoms with Crippen LogP contribution in [-0.4, -0.2) is 5.16 Å². The van der Waals surface area contributed by atoms with Crippen molar-refractivity contribution >= 4 is 0 Å². The second-order valence-electron chi connectivity index (χ2n) is 3.26. The average molecular weight is 170 g/mol. The van der Waals surface area contributed by atoms with Crippen molar-refractivity contribution in [1.82, 2.24) is 5.16 Å². The zero-order chi connectivity index (χ0) is 8.67. The molecule has 0 saturated heterocycles. The molecule has 0 spiro atoms. The van der Waals surface area contributed by atoms with E-state index in [2.05, 4.69) is 29.6 Å². The molecule has 1 aromatic carbocycles. The van der Waals surface area contributed by atoms with Crippen molar-refractivity contribution in [1.29, 1.82) is 0 Å². The molecule has 0 atom stereocenters. The Labute approximate surface area is 76.2 Å². The van der Waals surface area contributed by atoms with E-state index < -0.39 is 0 Å². The van der Waals surface area contributed by atoms with E-state index in [1.54, 1.807) is 0 Å². The molecular weight excluding hydrogens is 162 g/mol. The van der Waals surface area contributed by atoms with Gasteiger partial charge in [0.1, 0.15) is 6.20 Å². The third kappa shape index (κ3) is 0.917. The summed E-state index contributed by atoms with van der Waals surface area (Å²) in [5.74, 6) is 0.904. The number of nitrogens with zero attached hydrogens (tertiary/aromatic N) is 1. The summed E-state index contributed by atoms with van der Waals surface area (Å²) in [6.07, 6.45) is 4.95. The number of aromatic nitrogens is 1. The lowest BCUT2D eigenvalue weighted by Gasteiger charge is -2.12. The van der Waals surface area contributed by atoms with Crippen LogP contribution in [0.15, 0.2) is 28.8 Å². The second kappa shape index (κ2) is 2.46. The topological polar surface area (TPSA) is 26.0 Å². The van der Waals surface area contributed by atoms with Gasteiger partial charge in [0.25, 0.3) is 0 Å². The van der Waals surface area contributed by atoms with Crippen molar-refractivity contribution in [3.63, 3.8) is 0 Å². The van der Waals surface area contributed by atoms with Gasteiger partial charge in [0, 0.05) is 11.1 Å². The minimum absolute atomic E-state index is 0.904. The molecule has 0 N–H and O–H groups in total. The first-order valence-corrected chi connectivity index (χ1v) is 4.39. The van der Waals surface area contributed by atoms with Crippen molar-refractivity contribution in [2.75, 3.05) is 0 Å². The average Bonchev–Trinajstić information content (AvgIpc) is 2.65. The van der Waals surface area contributed by atoms with Gasteiger partial charge in [-0.1, -0.05) is 29.4 Å². The molecule has 1 aliphatic rings. The van der Waals surface area contributed by atoms with Gasteiger partial charge in [-0.05, 0) is 18.4 Å². The van der Waals surface area contributed by atoms with Crippen LogP contribution in [0.3, 0.4) is 0 Å². The molecule has 0 fully saturated rings. The van der Waals surface area contributed by atoms with Gasteiger partial charge >= 0.3 is 0 Å². The molecule has 0 saturated carbocycles. The fourth-order valence-corrected chi connectivity index (χ4v) is 1.83. The van der Waals surface area contributed by atoms with Crippen LogP contribution in [0.1, 0.15) is 11.1 Å². The van der Waals surface area contributed by atoms with Crippen LogP contribution in [0.2, 0.25) is 0 Å². The summed E-state index contributed by atoms with van der Waals surface area (Å²) in [7, 11) is 0. The highest BCUT2D eigenvalue weighted by Gasteiger charge is 2.19.